The Morgan fingerprint density at radius 1 is 1.40 bits per heavy atom. The fourth-order valence-electron chi connectivity index (χ4n) is 3.43. The Morgan fingerprint density at radius 3 is 2.70 bits per heavy atom. The summed E-state index contributed by atoms with van der Waals surface area (Å²) in [5.41, 5.74) is 1.67. The highest BCUT2D eigenvalue weighted by Crippen LogP contribution is 2.43. The van der Waals surface area contributed by atoms with E-state index in [1.54, 1.807) is 0 Å². The molecule has 1 saturated heterocycles. The molecule has 20 heavy (non-hydrogen) atoms. The predicted molar refractivity (Wildman–Crippen MR) is 88.0 cm³/mol. The van der Waals surface area contributed by atoms with E-state index in [1.807, 2.05) is 0 Å². The number of nitrogens with one attached hydrogen (secondary N) is 1. The van der Waals surface area contributed by atoms with Crippen molar-refractivity contribution in [2.24, 2.45) is 5.92 Å². The van der Waals surface area contributed by atoms with Crippen molar-refractivity contribution in [1.82, 2.24) is 10.2 Å². The Bertz CT molecular complexity index is 483. The molecule has 2 atom stereocenters. The zero-order valence-electron chi connectivity index (χ0n) is 12.1. The first-order chi connectivity index (χ1) is 9.58. The molecule has 2 unspecified atom stereocenters. The maximum absolute atomic E-state index is 4.04. The van der Waals surface area contributed by atoms with Gasteiger partial charge in [0, 0.05) is 35.7 Å². The molecular formula is C17H23BrN2. The summed E-state index contributed by atoms with van der Waals surface area (Å²) in [6.45, 7) is 9.47. The second-order valence-electron chi connectivity index (χ2n) is 6.42. The molecule has 1 heterocycles. The van der Waals surface area contributed by atoms with E-state index >= 15 is 0 Å². The zero-order valence-corrected chi connectivity index (χ0v) is 13.7. The Kier molecular flexibility index (Phi) is 4.02. The normalized spacial score (nSPS) is 31.2. The van der Waals surface area contributed by atoms with Gasteiger partial charge in [0.1, 0.15) is 0 Å². The molecule has 1 aliphatic carbocycles. The van der Waals surface area contributed by atoms with Crippen LogP contribution in [0.3, 0.4) is 0 Å². The van der Waals surface area contributed by atoms with Crippen LogP contribution in [0.1, 0.15) is 31.4 Å². The first kappa shape index (κ1) is 14.3. The minimum absolute atomic E-state index is 0.272. The van der Waals surface area contributed by atoms with Gasteiger partial charge < -0.3 is 5.32 Å². The Labute approximate surface area is 130 Å². The van der Waals surface area contributed by atoms with Gasteiger partial charge in [-0.2, -0.15) is 0 Å². The van der Waals surface area contributed by atoms with Crippen molar-refractivity contribution in [3.05, 3.63) is 47.0 Å². The molecule has 2 nitrogen and oxygen atoms in total. The van der Waals surface area contributed by atoms with E-state index in [9.17, 15) is 0 Å². The number of halogens is 1. The first-order valence-electron chi connectivity index (χ1n) is 7.46. The fourth-order valence-corrected chi connectivity index (χ4v) is 3.75. The molecule has 0 bridgehead atoms. The number of hydrogen-bond donors (Lipinski definition) is 1. The summed E-state index contributed by atoms with van der Waals surface area (Å²) in [6, 6.07) is 11.3. The topological polar surface area (TPSA) is 15.3 Å². The maximum Gasteiger partial charge on any atom is 0.0477 e. The van der Waals surface area contributed by atoms with E-state index in [2.05, 4.69) is 70.0 Å². The minimum Gasteiger partial charge on any atom is -0.308 e. The lowest BCUT2D eigenvalue weighted by Crippen LogP contribution is -2.61. The van der Waals surface area contributed by atoms with Gasteiger partial charge >= 0.3 is 0 Å². The molecule has 1 N–H and O–H groups in total. The summed E-state index contributed by atoms with van der Waals surface area (Å²) in [5, 5.41) is 3.82. The van der Waals surface area contributed by atoms with Crippen molar-refractivity contribution in [3.8, 4) is 0 Å². The number of benzene rings is 1. The van der Waals surface area contributed by atoms with Crippen molar-refractivity contribution >= 4 is 15.9 Å². The molecule has 3 rings (SSSR count). The summed E-state index contributed by atoms with van der Waals surface area (Å²) in [7, 11) is 0. The van der Waals surface area contributed by atoms with E-state index in [4.69, 9.17) is 0 Å². The molecule has 0 aromatic heterocycles. The molecule has 108 valence electrons. The van der Waals surface area contributed by atoms with Gasteiger partial charge in [-0.1, -0.05) is 52.8 Å². The fraction of sp³-hybridized carbons (Fsp3) is 0.529. The Hall–Kier alpha value is -0.640. The third-order valence-electron chi connectivity index (χ3n) is 4.71. The van der Waals surface area contributed by atoms with E-state index in [-0.39, 0.29) is 5.54 Å². The van der Waals surface area contributed by atoms with Gasteiger partial charge in [0.15, 0.2) is 0 Å². The molecule has 2 fully saturated rings. The van der Waals surface area contributed by atoms with Crippen LogP contribution in [0.4, 0.5) is 0 Å². The largest absolute Gasteiger partial charge is 0.308 e. The predicted octanol–water partition coefficient (Wildman–Crippen LogP) is 3.71. The quantitative estimate of drug-likeness (QED) is 0.902. The summed E-state index contributed by atoms with van der Waals surface area (Å²) in [5.74, 6) is 0.852. The maximum atomic E-state index is 4.04. The number of piperazine rings is 1. The van der Waals surface area contributed by atoms with Crippen LogP contribution >= 0.6 is 15.9 Å². The van der Waals surface area contributed by atoms with Gasteiger partial charge in [-0.05, 0) is 31.2 Å². The van der Waals surface area contributed by atoms with Gasteiger partial charge in [-0.15, -0.1) is 0 Å². The SMILES string of the molecule is C=C(Br)CN1CC(C)(C2CC2)NCC1c1ccccc1. The Morgan fingerprint density at radius 2 is 2.10 bits per heavy atom. The molecule has 3 heteroatoms. The average molecular weight is 335 g/mol. The molecule has 0 radical (unpaired) electrons. The number of nitrogens with zero attached hydrogens (tertiary/aromatic N) is 1. The van der Waals surface area contributed by atoms with Crippen LogP contribution < -0.4 is 5.32 Å². The highest BCUT2D eigenvalue weighted by Gasteiger charge is 2.46. The van der Waals surface area contributed by atoms with Gasteiger partial charge in [0.2, 0.25) is 0 Å². The van der Waals surface area contributed by atoms with Gasteiger partial charge in [-0.3, -0.25) is 4.90 Å². The Balaban J connectivity index is 1.81. The molecule has 1 aromatic rings. The smallest absolute Gasteiger partial charge is 0.0477 e. The lowest BCUT2D eigenvalue weighted by Gasteiger charge is -2.47. The van der Waals surface area contributed by atoms with E-state index < -0.39 is 0 Å². The van der Waals surface area contributed by atoms with Crippen molar-refractivity contribution in [2.45, 2.75) is 31.3 Å². The van der Waals surface area contributed by atoms with Crippen LogP contribution in [0.25, 0.3) is 0 Å². The zero-order chi connectivity index (χ0) is 14.2. The number of hydrogen-bond acceptors (Lipinski definition) is 2. The lowest BCUT2D eigenvalue weighted by molar-refractivity contribution is 0.0848. The van der Waals surface area contributed by atoms with Gasteiger partial charge in [-0.25, -0.2) is 0 Å². The summed E-state index contributed by atoms with van der Waals surface area (Å²) >= 11 is 3.54. The van der Waals surface area contributed by atoms with Crippen LogP contribution in [0.5, 0.6) is 0 Å². The summed E-state index contributed by atoms with van der Waals surface area (Å²) < 4.78 is 1.07. The molecule has 0 amide bonds. The third-order valence-corrected chi connectivity index (χ3v) is 4.96. The first-order valence-corrected chi connectivity index (χ1v) is 8.25. The minimum atomic E-state index is 0.272. The van der Waals surface area contributed by atoms with Crippen LogP contribution in [0.15, 0.2) is 41.4 Å². The molecule has 1 saturated carbocycles. The van der Waals surface area contributed by atoms with E-state index in [0.717, 1.165) is 30.0 Å². The van der Waals surface area contributed by atoms with Crippen molar-refractivity contribution in [1.29, 1.82) is 0 Å². The lowest BCUT2D eigenvalue weighted by atomic mass is 9.89. The third kappa shape index (κ3) is 3.00. The summed E-state index contributed by atoms with van der Waals surface area (Å²) in [6.07, 6.45) is 2.76. The highest BCUT2D eigenvalue weighted by atomic mass is 79.9. The second-order valence-corrected chi connectivity index (χ2v) is 7.54. The van der Waals surface area contributed by atoms with E-state index in [0.29, 0.717) is 6.04 Å². The molecule has 2 aliphatic rings. The summed E-state index contributed by atoms with van der Waals surface area (Å²) in [4.78, 5) is 2.57. The molecule has 0 spiro atoms. The van der Waals surface area contributed by atoms with Gasteiger partial charge in [0.05, 0.1) is 0 Å². The van der Waals surface area contributed by atoms with Crippen LogP contribution in [0, 0.1) is 5.92 Å². The van der Waals surface area contributed by atoms with Crippen molar-refractivity contribution in [2.75, 3.05) is 19.6 Å². The van der Waals surface area contributed by atoms with Crippen molar-refractivity contribution < 1.29 is 0 Å². The van der Waals surface area contributed by atoms with Crippen LogP contribution in [0.2, 0.25) is 0 Å². The number of rotatable bonds is 4. The second kappa shape index (κ2) is 5.63. The monoisotopic (exact) mass is 334 g/mol. The highest BCUT2D eigenvalue weighted by molar-refractivity contribution is 9.11. The van der Waals surface area contributed by atoms with Crippen LogP contribution in [-0.4, -0.2) is 30.1 Å². The van der Waals surface area contributed by atoms with Crippen molar-refractivity contribution in [3.63, 3.8) is 0 Å². The standard InChI is InChI=1S/C17H23BrN2/c1-13(18)11-20-12-17(2,15-8-9-15)19-10-16(20)14-6-4-3-5-7-14/h3-7,15-16,19H,1,8-12H2,2H3. The van der Waals surface area contributed by atoms with E-state index in [1.165, 1.54) is 18.4 Å². The molecule has 1 aliphatic heterocycles. The van der Waals surface area contributed by atoms with Gasteiger partial charge in [0.25, 0.3) is 0 Å². The average Bonchev–Trinajstić information content (AvgIpc) is 3.24. The molecular weight excluding hydrogens is 312 g/mol. The van der Waals surface area contributed by atoms with Crippen LogP contribution in [-0.2, 0) is 0 Å². The molecule has 1 aromatic carbocycles.